The molecule has 2 nitrogen and oxygen atoms in total. The molecule has 1 aromatic rings. The van der Waals surface area contributed by atoms with Crippen molar-refractivity contribution in [2.24, 2.45) is 28.9 Å². The summed E-state index contributed by atoms with van der Waals surface area (Å²) in [6, 6.07) is 11.8. The van der Waals surface area contributed by atoms with Crippen LogP contribution in [0.4, 0.5) is 0 Å². The molecule has 0 radical (unpaired) electrons. The number of alkyl halides is 1. The summed E-state index contributed by atoms with van der Waals surface area (Å²) in [5, 5.41) is 3.90. The van der Waals surface area contributed by atoms with Crippen LogP contribution in [0, 0.1) is 23.2 Å². The van der Waals surface area contributed by atoms with Crippen molar-refractivity contribution in [2.45, 2.75) is 93.9 Å². The van der Waals surface area contributed by atoms with Gasteiger partial charge in [0.05, 0.1) is 9.86 Å². The largest absolute Gasteiger partial charge is 0.376 e. The molecule has 0 saturated heterocycles. The highest BCUT2D eigenvalue weighted by atomic mass is 35.5. The van der Waals surface area contributed by atoms with Crippen LogP contribution in [-0.2, 0) is 5.41 Å². The number of benzene rings is 1. The third kappa shape index (κ3) is 3.67. The summed E-state index contributed by atoms with van der Waals surface area (Å²) in [5.41, 5.74) is 7.82. The first-order chi connectivity index (χ1) is 14.9. The van der Waals surface area contributed by atoms with Gasteiger partial charge in [0.2, 0.25) is 0 Å². The van der Waals surface area contributed by atoms with Crippen LogP contribution < -0.4 is 11.1 Å². The van der Waals surface area contributed by atoms with E-state index in [1.54, 1.807) is 0 Å². The van der Waals surface area contributed by atoms with E-state index in [0.29, 0.717) is 23.8 Å². The molecular formula is C27H39ClN2S. The molecule has 4 bridgehead atoms. The van der Waals surface area contributed by atoms with Gasteiger partial charge in [0.25, 0.3) is 0 Å². The molecule has 5 saturated carbocycles. The molecule has 0 heterocycles. The number of rotatable bonds is 6. The number of halogens is 1. The number of nitrogens with one attached hydrogen (secondary N) is 1. The Morgan fingerprint density at radius 2 is 1.71 bits per heavy atom. The zero-order chi connectivity index (χ0) is 21.7. The van der Waals surface area contributed by atoms with Crippen LogP contribution in [0.25, 0.3) is 0 Å². The highest BCUT2D eigenvalue weighted by molar-refractivity contribution is 7.80. The van der Waals surface area contributed by atoms with Crippen molar-refractivity contribution >= 4 is 28.8 Å². The summed E-state index contributed by atoms with van der Waals surface area (Å²) in [6.07, 6.45) is 13.3. The Labute approximate surface area is 199 Å². The first-order valence-corrected chi connectivity index (χ1v) is 13.5. The van der Waals surface area contributed by atoms with E-state index in [0.717, 1.165) is 18.0 Å². The molecule has 2 unspecified atom stereocenters. The maximum Gasteiger partial charge on any atom is 0.0818 e. The monoisotopic (exact) mass is 458 g/mol. The summed E-state index contributed by atoms with van der Waals surface area (Å²) in [4.78, 5) is 1.14. The van der Waals surface area contributed by atoms with Crippen molar-refractivity contribution in [2.75, 3.05) is 6.54 Å². The molecule has 3 N–H and O–H groups in total. The lowest BCUT2D eigenvalue weighted by Crippen LogP contribution is -2.66. The van der Waals surface area contributed by atoms with E-state index in [-0.39, 0.29) is 15.7 Å². The maximum absolute atomic E-state index is 7.49. The molecule has 0 aromatic heterocycles. The van der Waals surface area contributed by atoms with Crippen molar-refractivity contribution in [3.63, 3.8) is 0 Å². The fraction of sp³-hybridized carbons (Fsp3) is 0.741. The van der Waals surface area contributed by atoms with Gasteiger partial charge in [-0.15, -0.1) is 11.6 Å². The van der Waals surface area contributed by atoms with Crippen LogP contribution in [0.1, 0.15) is 83.1 Å². The second-order valence-corrected chi connectivity index (χ2v) is 12.5. The first kappa shape index (κ1) is 22.2. The Morgan fingerprint density at radius 3 is 2.29 bits per heavy atom. The molecule has 0 aliphatic heterocycles. The normalized spacial score (nSPS) is 43.7. The van der Waals surface area contributed by atoms with Crippen LogP contribution in [-0.4, -0.2) is 22.4 Å². The van der Waals surface area contributed by atoms with Crippen molar-refractivity contribution in [3.8, 4) is 0 Å². The van der Waals surface area contributed by atoms with E-state index >= 15 is 0 Å². The van der Waals surface area contributed by atoms with Crippen molar-refractivity contribution < 1.29 is 0 Å². The molecule has 5 aliphatic carbocycles. The minimum atomic E-state index is -0.0221. The average molecular weight is 459 g/mol. The number of hydrogen-bond donors (Lipinski definition) is 2. The molecule has 4 heteroatoms. The van der Waals surface area contributed by atoms with E-state index in [1.165, 1.54) is 69.8 Å². The first-order valence-electron chi connectivity index (χ1n) is 12.7. The van der Waals surface area contributed by atoms with E-state index in [4.69, 9.17) is 29.6 Å². The molecule has 6 rings (SSSR count). The summed E-state index contributed by atoms with van der Waals surface area (Å²) < 4.78 is 0. The lowest BCUT2D eigenvalue weighted by atomic mass is 9.39. The zero-order valence-corrected chi connectivity index (χ0v) is 20.6. The summed E-state index contributed by atoms with van der Waals surface area (Å²) in [7, 11) is 0. The van der Waals surface area contributed by atoms with Crippen LogP contribution in [0.3, 0.4) is 0 Å². The van der Waals surface area contributed by atoms with Crippen LogP contribution in [0.15, 0.2) is 30.3 Å². The molecule has 0 spiro atoms. The SMILES string of the molecule is CCCC1(Cl)C2CC3(C(=S)N[C@H]4CC[C@H](CN)CC4)CC1CC(c1ccccc1)(C2)C3. The van der Waals surface area contributed by atoms with Gasteiger partial charge < -0.3 is 11.1 Å². The molecule has 5 aliphatic rings. The van der Waals surface area contributed by atoms with Gasteiger partial charge in [0.15, 0.2) is 0 Å². The van der Waals surface area contributed by atoms with Gasteiger partial charge >= 0.3 is 0 Å². The maximum atomic E-state index is 7.49. The number of thiocarbonyl (C=S) groups is 1. The number of nitrogens with two attached hydrogens (primary N) is 1. The Balaban J connectivity index is 1.42. The molecular weight excluding hydrogens is 420 g/mol. The predicted molar refractivity (Wildman–Crippen MR) is 135 cm³/mol. The highest BCUT2D eigenvalue weighted by Crippen LogP contribution is 2.71. The Hall–Kier alpha value is -0.640. The summed E-state index contributed by atoms with van der Waals surface area (Å²) in [6.45, 7) is 3.13. The highest BCUT2D eigenvalue weighted by Gasteiger charge is 2.67. The summed E-state index contributed by atoms with van der Waals surface area (Å²) in [5.74, 6) is 1.85. The van der Waals surface area contributed by atoms with Crippen molar-refractivity contribution in [1.29, 1.82) is 0 Å². The Kier molecular flexibility index (Phi) is 5.93. The molecule has 31 heavy (non-hydrogen) atoms. The van der Waals surface area contributed by atoms with Gasteiger partial charge in [-0.3, -0.25) is 0 Å². The lowest BCUT2D eigenvalue weighted by Gasteiger charge is -2.68. The third-order valence-corrected chi connectivity index (χ3v) is 11.0. The van der Waals surface area contributed by atoms with E-state index < -0.39 is 0 Å². The van der Waals surface area contributed by atoms with Gasteiger partial charge in [-0.25, -0.2) is 0 Å². The molecule has 1 aromatic carbocycles. The van der Waals surface area contributed by atoms with Gasteiger partial charge in [0, 0.05) is 11.5 Å². The Morgan fingerprint density at radius 1 is 1.06 bits per heavy atom. The second-order valence-electron chi connectivity index (χ2n) is 11.4. The molecule has 0 amide bonds. The lowest BCUT2D eigenvalue weighted by molar-refractivity contribution is -0.0702. The smallest absolute Gasteiger partial charge is 0.0818 e. The van der Waals surface area contributed by atoms with Gasteiger partial charge in [-0.05, 0) is 99.5 Å². The fourth-order valence-electron chi connectivity index (χ4n) is 8.21. The zero-order valence-electron chi connectivity index (χ0n) is 19.0. The van der Waals surface area contributed by atoms with Gasteiger partial charge in [-0.2, -0.15) is 0 Å². The second kappa shape index (κ2) is 8.29. The predicted octanol–water partition coefficient (Wildman–Crippen LogP) is 6.35. The van der Waals surface area contributed by atoms with Crippen LogP contribution in [0.5, 0.6) is 0 Å². The van der Waals surface area contributed by atoms with Crippen LogP contribution >= 0.6 is 23.8 Å². The Bertz CT molecular complexity index is 785. The molecule has 170 valence electrons. The third-order valence-electron chi connectivity index (χ3n) is 9.60. The quantitative estimate of drug-likeness (QED) is 0.385. The van der Waals surface area contributed by atoms with Crippen molar-refractivity contribution in [3.05, 3.63) is 35.9 Å². The van der Waals surface area contributed by atoms with E-state index in [2.05, 4.69) is 42.6 Å². The van der Waals surface area contributed by atoms with E-state index in [9.17, 15) is 0 Å². The van der Waals surface area contributed by atoms with Crippen LogP contribution in [0.2, 0.25) is 0 Å². The van der Waals surface area contributed by atoms with Gasteiger partial charge in [-0.1, -0.05) is 55.9 Å². The minimum Gasteiger partial charge on any atom is -0.376 e. The standard InChI is InChI=1S/C27H39ClN2S/c1-2-12-27(28)21-13-25(20-6-4-3-5-7-20)14-22(27)16-26(15-21,18-25)24(31)30-23-10-8-19(17-29)9-11-23/h3-7,19,21-23H,2,8-18,29H2,1H3,(H,30,31)/t19-,21?,22?,23-,25?,26?,27?. The topological polar surface area (TPSA) is 38.0 Å². The molecule has 2 atom stereocenters. The van der Waals surface area contributed by atoms with Gasteiger partial charge in [0.1, 0.15) is 0 Å². The van der Waals surface area contributed by atoms with E-state index in [1.807, 2.05) is 0 Å². The fourth-order valence-corrected chi connectivity index (χ4v) is 9.12. The van der Waals surface area contributed by atoms with Crippen molar-refractivity contribution in [1.82, 2.24) is 5.32 Å². The minimum absolute atomic E-state index is 0.0221. The number of hydrogen-bond acceptors (Lipinski definition) is 2. The molecule has 5 fully saturated rings. The summed E-state index contributed by atoms with van der Waals surface area (Å²) >= 11 is 13.7. The average Bonchev–Trinajstić information content (AvgIpc) is 2.78.